The molecule has 0 fully saturated rings. The standard InChI is InChI=1S/C17H21BrOS/c1-13(19)5-3-2-4-6-14-7-9-15(10-8-14)16-11-12-17(18)20-16/h7-13,19H,2-6H2,1H3. The summed E-state index contributed by atoms with van der Waals surface area (Å²) in [5.41, 5.74) is 2.69. The Labute approximate surface area is 133 Å². The first-order valence-electron chi connectivity index (χ1n) is 7.18. The zero-order chi connectivity index (χ0) is 14.4. The summed E-state index contributed by atoms with van der Waals surface area (Å²) in [6, 6.07) is 13.1. The van der Waals surface area contributed by atoms with Crippen LogP contribution in [0.3, 0.4) is 0 Å². The molecule has 108 valence electrons. The molecule has 0 spiro atoms. The number of benzene rings is 1. The molecule has 1 heterocycles. The van der Waals surface area contributed by atoms with Gasteiger partial charge in [-0.15, -0.1) is 11.3 Å². The number of aryl methyl sites for hydroxylation is 1. The van der Waals surface area contributed by atoms with Crippen molar-refractivity contribution in [2.24, 2.45) is 0 Å². The molecule has 0 saturated heterocycles. The minimum atomic E-state index is -0.153. The van der Waals surface area contributed by atoms with Crippen LogP contribution in [0.5, 0.6) is 0 Å². The maximum Gasteiger partial charge on any atom is 0.0705 e. The summed E-state index contributed by atoms with van der Waals surface area (Å²) in [4.78, 5) is 1.31. The van der Waals surface area contributed by atoms with E-state index >= 15 is 0 Å². The van der Waals surface area contributed by atoms with Gasteiger partial charge in [0.2, 0.25) is 0 Å². The molecule has 0 aliphatic rings. The van der Waals surface area contributed by atoms with Gasteiger partial charge in [0.15, 0.2) is 0 Å². The highest BCUT2D eigenvalue weighted by molar-refractivity contribution is 9.11. The Morgan fingerprint density at radius 1 is 1.05 bits per heavy atom. The van der Waals surface area contributed by atoms with E-state index in [0.717, 1.165) is 19.3 Å². The Bertz CT molecular complexity index is 516. The zero-order valence-corrected chi connectivity index (χ0v) is 14.2. The summed E-state index contributed by atoms with van der Waals surface area (Å²) in [7, 11) is 0. The molecule has 2 rings (SSSR count). The average Bonchev–Trinajstić information content (AvgIpc) is 2.85. The number of thiophene rings is 1. The van der Waals surface area contributed by atoms with Crippen LogP contribution >= 0.6 is 27.3 Å². The van der Waals surface area contributed by atoms with Crippen molar-refractivity contribution in [3.05, 3.63) is 45.7 Å². The van der Waals surface area contributed by atoms with E-state index in [-0.39, 0.29) is 6.10 Å². The second-order valence-electron chi connectivity index (χ2n) is 5.25. The first-order valence-corrected chi connectivity index (χ1v) is 8.79. The van der Waals surface area contributed by atoms with Crippen LogP contribution in [-0.2, 0) is 6.42 Å². The lowest BCUT2D eigenvalue weighted by Crippen LogP contribution is -1.98. The predicted molar refractivity (Wildman–Crippen MR) is 91.3 cm³/mol. The molecule has 1 nitrogen and oxygen atoms in total. The Kier molecular flexibility index (Phi) is 6.27. The number of aliphatic hydroxyl groups is 1. The van der Waals surface area contributed by atoms with E-state index in [0.29, 0.717) is 0 Å². The number of halogens is 1. The SMILES string of the molecule is CC(O)CCCCCc1ccc(-c2ccc(Br)s2)cc1. The Hall–Kier alpha value is -0.640. The Morgan fingerprint density at radius 2 is 1.80 bits per heavy atom. The first kappa shape index (κ1) is 15.7. The van der Waals surface area contributed by atoms with Gasteiger partial charge in [0, 0.05) is 4.88 Å². The molecule has 1 unspecified atom stereocenters. The smallest absolute Gasteiger partial charge is 0.0705 e. The second-order valence-corrected chi connectivity index (χ2v) is 7.71. The van der Waals surface area contributed by atoms with Gasteiger partial charge in [0.1, 0.15) is 0 Å². The summed E-state index contributed by atoms with van der Waals surface area (Å²) in [5.74, 6) is 0. The van der Waals surface area contributed by atoms with Crippen molar-refractivity contribution in [1.82, 2.24) is 0 Å². The lowest BCUT2D eigenvalue weighted by molar-refractivity contribution is 0.180. The fraction of sp³-hybridized carbons (Fsp3) is 0.412. The molecule has 2 aromatic rings. The van der Waals surface area contributed by atoms with E-state index in [9.17, 15) is 5.11 Å². The van der Waals surface area contributed by atoms with E-state index in [4.69, 9.17) is 0 Å². The van der Waals surface area contributed by atoms with Crippen LogP contribution in [0.1, 0.15) is 38.2 Å². The first-order chi connectivity index (χ1) is 9.65. The molecule has 20 heavy (non-hydrogen) atoms. The molecule has 3 heteroatoms. The van der Waals surface area contributed by atoms with Crippen molar-refractivity contribution in [2.75, 3.05) is 0 Å². The van der Waals surface area contributed by atoms with Gasteiger partial charge >= 0.3 is 0 Å². The fourth-order valence-electron chi connectivity index (χ4n) is 2.25. The maximum atomic E-state index is 9.21. The number of hydrogen-bond acceptors (Lipinski definition) is 2. The monoisotopic (exact) mass is 352 g/mol. The molecule has 0 aliphatic heterocycles. The molecule has 1 atom stereocenters. The van der Waals surface area contributed by atoms with E-state index in [1.165, 1.54) is 32.6 Å². The van der Waals surface area contributed by atoms with E-state index in [1.54, 1.807) is 11.3 Å². The third-order valence-corrected chi connectivity index (χ3v) is 5.07. The van der Waals surface area contributed by atoms with Gasteiger partial charge in [-0.05, 0) is 65.4 Å². The normalized spacial score (nSPS) is 12.6. The molecule has 1 N–H and O–H groups in total. The van der Waals surface area contributed by atoms with E-state index < -0.39 is 0 Å². The molecular formula is C17H21BrOS. The predicted octanol–water partition coefficient (Wildman–Crippen LogP) is 5.66. The topological polar surface area (TPSA) is 20.2 Å². The van der Waals surface area contributed by atoms with Crippen molar-refractivity contribution in [3.8, 4) is 10.4 Å². The highest BCUT2D eigenvalue weighted by Crippen LogP contribution is 2.31. The largest absolute Gasteiger partial charge is 0.393 e. The summed E-state index contributed by atoms with van der Waals surface area (Å²) < 4.78 is 1.18. The van der Waals surface area contributed by atoms with Gasteiger partial charge in [-0.2, -0.15) is 0 Å². The molecule has 0 amide bonds. The summed E-state index contributed by atoms with van der Waals surface area (Å²) in [6.45, 7) is 1.86. The second kappa shape index (κ2) is 7.96. The number of aliphatic hydroxyl groups excluding tert-OH is 1. The third-order valence-electron chi connectivity index (χ3n) is 3.40. The van der Waals surface area contributed by atoms with Gasteiger partial charge in [-0.3, -0.25) is 0 Å². The van der Waals surface area contributed by atoms with Gasteiger partial charge in [0.05, 0.1) is 9.89 Å². The van der Waals surface area contributed by atoms with Crippen molar-refractivity contribution in [1.29, 1.82) is 0 Å². The van der Waals surface area contributed by atoms with Gasteiger partial charge in [-0.25, -0.2) is 0 Å². The zero-order valence-electron chi connectivity index (χ0n) is 11.8. The summed E-state index contributed by atoms with van der Waals surface area (Å²) in [6.07, 6.45) is 5.43. The van der Waals surface area contributed by atoms with Crippen LogP contribution in [0.4, 0.5) is 0 Å². The lowest BCUT2D eigenvalue weighted by atomic mass is 10.0. The van der Waals surface area contributed by atoms with Crippen LogP contribution in [0, 0.1) is 0 Å². The molecular weight excluding hydrogens is 332 g/mol. The molecule has 0 bridgehead atoms. The number of hydrogen-bond donors (Lipinski definition) is 1. The van der Waals surface area contributed by atoms with E-state index in [2.05, 4.69) is 52.3 Å². The van der Waals surface area contributed by atoms with Crippen molar-refractivity contribution >= 4 is 27.3 Å². The molecule has 1 aromatic carbocycles. The minimum Gasteiger partial charge on any atom is -0.393 e. The third kappa shape index (κ3) is 5.04. The van der Waals surface area contributed by atoms with Crippen molar-refractivity contribution in [2.45, 2.75) is 45.1 Å². The van der Waals surface area contributed by atoms with Crippen LogP contribution in [0.2, 0.25) is 0 Å². The Morgan fingerprint density at radius 3 is 2.40 bits per heavy atom. The maximum absolute atomic E-state index is 9.21. The van der Waals surface area contributed by atoms with Crippen LogP contribution in [-0.4, -0.2) is 11.2 Å². The Balaban J connectivity index is 1.80. The van der Waals surface area contributed by atoms with Crippen LogP contribution < -0.4 is 0 Å². The van der Waals surface area contributed by atoms with Crippen molar-refractivity contribution in [3.63, 3.8) is 0 Å². The number of unbranched alkanes of at least 4 members (excludes halogenated alkanes) is 2. The van der Waals surface area contributed by atoms with Crippen LogP contribution in [0.15, 0.2) is 40.2 Å². The van der Waals surface area contributed by atoms with E-state index in [1.807, 2.05) is 6.92 Å². The average molecular weight is 353 g/mol. The van der Waals surface area contributed by atoms with Gasteiger partial charge < -0.3 is 5.11 Å². The minimum absolute atomic E-state index is 0.153. The molecule has 0 radical (unpaired) electrons. The summed E-state index contributed by atoms with van der Waals surface area (Å²) in [5, 5.41) is 9.21. The van der Waals surface area contributed by atoms with Gasteiger partial charge in [-0.1, -0.05) is 37.1 Å². The molecule has 1 aromatic heterocycles. The molecule has 0 saturated carbocycles. The fourth-order valence-corrected chi connectivity index (χ4v) is 3.64. The number of rotatable bonds is 7. The lowest BCUT2D eigenvalue weighted by Gasteiger charge is -2.05. The van der Waals surface area contributed by atoms with Gasteiger partial charge in [0.25, 0.3) is 0 Å². The highest BCUT2D eigenvalue weighted by Gasteiger charge is 2.02. The quantitative estimate of drug-likeness (QED) is 0.637. The molecule has 0 aliphatic carbocycles. The summed E-state index contributed by atoms with van der Waals surface area (Å²) >= 11 is 5.27. The van der Waals surface area contributed by atoms with Crippen molar-refractivity contribution < 1.29 is 5.11 Å². The van der Waals surface area contributed by atoms with Crippen LogP contribution in [0.25, 0.3) is 10.4 Å². The highest BCUT2D eigenvalue weighted by atomic mass is 79.9.